The van der Waals surface area contributed by atoms with Gasteiger partial charge in [-0.25, -0.2) is 4.79 Å². The zero-order valence-corrected chi connectivity index (χ0v) is 17.9. The number of methoxy groups -OCH3 is 1. The second kappa shape index (κ2) is 11.1. The van der Waals surface area contributed by atoms with Gasteiger partial charge in [-0.15, -0.1) is 0 Å². The Morgan fingerprint density at radius 1 is 0.929 bits per heavy atom. The molecule has 2 aliphatic rings. The third-order valence-electron chi connectivity index (χ3n) is 5.33. The van der Waals surface area contributed by atoms with Crippen molar-refractivity contribution in [1.29, 1.82) is 0 Å². The van der Waals surface area contributed by atoms with Crippen molar-refractivity contribution in [1.82, 2.24) is 4.90 Å². The third kappa shape index (κ3) is 7.33. The highest BCUT2D eigenvalue weighted by molar-refractivity contribution is 5.81. The molecule has 0 N–H and O–H groups in total. The van der Waals surface area contributed by atoms with E-state index in [1.165, 1.54) is 0 Å². The van der Waals surface area contributed by atoms with Crippen molar-refractivity contribution in [3.05, 3.63) is 0 Å². The molecule has 0 aromatic carbocycles. The Morgan fingerprint density at radius 3 is 2.07 bits per heavy atom. The van der Waals surface area contributed by atoms with E-state index in [0.29, 0.717) is 39.5 Å². The molecule has 7 heteroatoms. The number of ether oxygens (including phenoxy) is 4. The molecule has 7 nitrogen and oxygen atoms in total. The molecular weight excluding hydrogens is 362 g/mol. The Labute approximate surface area is 169 Å². The maximum absolute atomic E-state index is 12.6. The summed E-state index contributed by atoms with van der Waals surface area (Å²) < 4.78 is 21.3. The van der Waals surface area contributed by atoms with E-state index in [9.17, 15) is 9.59 Å². The number of carbonyl (C=O) groups is 2. The summed E-state index contributed by atoms with van der Waals surface area (Å²) >= 11 is 0. The number of amides is 1. The Hall–Kier alpha value is -1.18. The first-order chi connectivity index (χ1) is 13.3. The highest BCUT2D eigenvalue weighted by atomic mass is 16.6. The molecule has 2 aliphatic heterocycles. The average Bonchev–Trinajstić information content (AvgIpc) is 2.61. The van der Waals surface area contributed by atoms with Gasteiger partial charge >= 0.3 is 6.09 Å². The lowest BCUT2D eigenvalue weighted by molar-refractivity contribution is -0.128. The summed E-state index contributed by atoms with van der Waals surface area (Å²) in [7, 11) is 1.64. The number of rotatable bonds is 10. The van der Waals surface area contributed by atoms with E-state index in [1.807, 2.05) is 25.7 Å². The predicted molar refractivity (Wildman–Crippen MR) is 105 cm³/mol. The van der Waals surface area contributed by atoms with E-state index < -0.39 is 5.60 Å². The van der Waals surface area contributed by atoms with Crippen LogP contribution in [0.2, 0.25) is 0 Å². The molecule has 162 valence electrons. The zero-order chi connectivity index (χ0) is 20.6. The van der Waals surface area contributed by atoms with Crippen LogP contribution in [0, 0.1) is 5.92 Å². The van der Waals surface area contributed by atoms with Gasteiger partial charge in [-0.05, 0) is 52.9 Å². The second-order valence-corrected chi connectivity index (χ2v) is 8.73. The van der Waals surface area contributed by atoms with Crippen molar-refractivity contribution < 1.29 is 28.5 Å². The van der Waals surface area contributed by atoms with E-state index >= 15 is 0 Å². The van der Waals surface area contributed by atoms with Crippen LogP contribution in [0.5, 0.6) is 0 Å². The van der Waals surface area contributed by atoms with Crippen molar-refractivity contribution in [2.24, 2.45) is 5.92 Å². The molecule has 2 fully saturated rings. The number of ketones is 1. The van der Waals surface area contributed by atoms with Crippen LogP contribution < -0.4 is 0 Å². The lowest BCUT2D eigenvalue weighted by atomic mass is 9.76. The van der Waals surface area contributed by atoms with Crippen molar-refractivity contribution in [3.8, 4) is 0 Å². The topological polar surface area (TPSA) is 74.3 Å². The second-order valence-electron chi connectivity index (χ2n) is 8.73. The van der Waals surface area contributed by atoms with E-state index in [-0.39, 0.29) is 29.9 Å². The lowest BCUT2D eigenvalue weighted by Crippen LogP contribution is -2.56. The van der Waals surface area contributed by atoms with E-state index in [4.69, 9.17) is 18.9 Å². The van der Waals surface area contributed by atoms with Gasteiger partial charge in [-0.2, -0.15) is 0 Å². The number of fused-ring (bicyclic) bond motifs is 2. The SMILES string of the molecule is COCCOCCOCCC(=O)C1CC2CCCC(C1)N2C(=O)OC(C)(C)C. The van der Waals surface area contributed by atoms with Crippen LogP contribution in [-0.2, 0) is 23.7 Å². The van der Waals surface area contributed by atoms with Gasteiger partial charge in [-0.3, -0.25) is 4.79 Å². The molecule has 0 radical (unpaired) electrons. The number of hydrogen-bond donors (Lipinski definition) is 0. The molecule has 2 unspecified atom stereocenters. The molecule has 28 heavy (non-hydrogen) atoms. The van der Waals surface area contributed by atoms with Gasteiger partial charge in [0.1, 0.15) is 11.4 Å². The molecule has 0 aromatic heterocycles. The Balaban J connectivity index is 1.73. The van der Waals surface area contributed by atoms with Crippen LogP contribution >= 0.6 is 0 Å². The van der Waals surface area contributed by atoms with Gasteiger partial charge < -0.3 is 23.8 Å². The van der Waals surface area contributed by atoms with Crippen molar-refractivity contribution in [2.45, 2.75) is 77.0 Å². The lowest BCUT2D eigenvalue weighted by Gasteiger charge is -2.48. The summed E-state index contributed by atoms with van der Waals surface area (Å²) in [5, 5.41) is 0. The number of Topliss-reactive ketones (excluding diaryl/α,β-unsaturated/α-hetero) is 1. The van der Waals surface area contributed by atoms with Crippen molar-refractivity contribution in [2.75, 3.05) is 40.1 Å². The molecule has 2 bridgehead atoms. The van der Waals surface area contributed by atoms with Crippen LogP contribution in [0.25, 0.3) is 0 Å². The molecule has 2 atom stereocenters. The van der Waals surface area contributed by atoms with E-state index in [1.54, 1.807) is 7.11 Å². The minimum atomic E-state index is -0.497. The molecule has 0 aliphatic carbocycles. The Bertz CT molecular complexity index is 490. The third-order valence-corrected chi connectivity index (χ3v) is 5.33. The smallest absolute Gasteiger partial charge is 0.410 e. The minimum Gasteiger partial charge on any atom is -0.444 e. The average molecular weight is 400 g/mol. The van der Waals surface area contributed by atoms with Crippen molar-refractivity contribution in [3.63, 3.8) is 0 Å². The van der Waals surface area contributed by atoms with Crippen LogP contribution in [0.4, 0.5) is 4.79 Å². The van der Waals surface area contributed by atoms with Crippen LogP contribution in [0.1, 0.15) is 59.3 Å². The predicted octanol–water partition coefficient (Wildman–Crippen LogP) is 3.19. The van der Waals surface area contributed by atoms with Gasteiger partial charge in [0.15, 0.2) is 0 Å². The minimum absolute atomic E-state index is 0.0236. The van der Waals surface area contributed by atoms with Crippen LogP contribution in [0.15, 0.2) is 0 Å². The molecule has 2 heterocycles. The summed E-state index contributed by atoms with van der Waals surface area (Å²) in [6, 6.07) is 0.234. The first-order valence-corrected chi connectivity index (χ1v) is 10.5. The molecule has 0 saturated carbocycles. The van der Waals surface area contributed by atoms with Gasteiger partial charge in [-0.1, -0.05) is 0 Å². The van der Waals surface area contributed by atoms with Gasteiger partial charge in [0, 0.05) is 31.5 Å². The van der Waals surface area contributed by atoms with E-state index in [2.05, 4.69) is 0 Å². The quantitative estimate of drug-likeness (QED) is 0.525. The van der Waals surface area contributed by atoms with Gasteiger partial charge in [0.2, 0.25) is 0 Å². The molecule has 1 amide bonds. The highest BCUT2D eigenvalue weighted by Gasteiger charge is 2.44. The van der Waals surface area contributed by atoms with Gasteiger partial charge in [0.25, 0.3) is 0 Å². The van der Waals surface area contributed by atoms with Gasteiger partial charge in [0.05, 0.1) is 33.0 Å². The molecule has 0 aromatic rings. The van der Waals surface area contributed by atoms with Crippen LogP contribution in [0.3, 0.4) is 0 Å². The summed E-state index contributed by atoms with van der Waals surface area (Å²) in [5.74, 6) is 0.275. The standard InChI is InChI=1S/C21H37NO6/c1-21(2,3)28-20(24)22-17-6-5-7-18(22)15-16(14-17)19(23)8-9-26-12-13-27-11-10-25-4/h16-18H,5-15H2,1-4H3. The molecule has 2 rings (SSSR count). The Kier molecular flexibility index (Phi) is 9.18. The number of nitrogens with zero attached hydrogens (tertiary/aromatic N) is 1. The first-order valence-electron chi connectivity index (χ1n) is 10.5. The summed E-state index contributed by atoms with van der Waals surface area (Å²) in [6.07, 6.45) is 4.70. The maximum Gasteiger partial charge on any atom is 0.410 e. The fourth-order valence-electron chi connectivity index (χ4n) is 4.10. The fourth-order valence-corrected chi connectivity index (χ4v) is 4.10. The number of piperidine rings is 2. The molecule has 0 spiro atoms. The zero-order valence-electron chi connectivity index (χ0n) is 17.9. The largest absolute Gasteiger partial charge is 0.444 e. The van der Waals surface area contributed by atoms with E-state index in [0.717, 1.165) is 32.1 Å². The Morgan fingerprint density at radius 2 is 1.50 bits per heavy atom. The summed E-state index contributed by atoms with van der Waals surface area (Å²) in [6.45, 7) is 8.21. The molecule has 2 saturated heterocycles. The summed E-state index contributed by atoms with van der Waals surface area (Å²) in [5.41, 5.74) is -0.497. The monoisotopic (exact) mass is 399 g/mol. The first kappa shape index (κ1) is 23.1. The highest BCUT2D eigenvalue weighted by Crippen LogP contribution is 2.38. The van der Waals surface area contributed by atoms with Crippen LogP contribution in [-0.4, -0.2) is 74.6 Å². The fraction of sp³-hybridized carbons (Fsp3) is 0.905. The maximum atomic E-state index is 12.6. The normalized spacial score (nSPS) is 24.9. The van der Waals surface area contributed by atoms with Crippen molar-refractivity contribution >= 4 is 11.9 Å². The number of carbonyl (C=O) groups excluding carboxylic acids is 2. The number of hydrogen-bond acceptors (Lipinski definition) is 6. The summed E-state index contributed by atoms with van der Waals surface area (Å²) in [4.78, 5) is 27.2. The molecular formula is C21H37NO6.